The zero-order chi connectivity index (χ0) is 27.0. The molecule has 0 aliphatic heterocycles. The Balaban J connectivity index is 3.81. The van der Waals surface area contributed by atoms with Crippen LogP contribution in [0.25, 0.3) is 0 Å². The summed E-state index contributed by atoms with van der Waals surface area (Å²) in [7, 11) is 0. The van der Waals surface area contributed by atoms with Crippen molar-refractivity contribution in [2.45, 2.75) is 135 Å². The lowest BCUT2D eigenvalue weighted by molar-refractivity contribution is -0.142. The minimum atomic E-state index is -1.13. The van der Waals surface area contributed by atoms with E-state index in [1.165, 1.54) is 71.1 Å². The van der Waals surface area contributed by atoms with Gasteiger partial charge in [0.25, 0.3) is 0 Å². The molecule has 2 atom stereocenters. The molecule has 0 aliphatic carbocycles. The molecule has 0 aliphatic rings. The molecule has 0 aromatic carbocycles. The number of carbonyl (C=O) groups is 4. The molecule has 0 fully saturated rings. The van der Waals surface area contributed by atoms with E-state index in [1.54, 1.807) is 0 Å². The minimum absolute atomic E-state index is 0.184. The molecule has 210 valence electrons. The quantitative estimate of drug-likeness (QED) is 0.124. The second-order valence-corrected chi connectivity index (χ2v) is 9.74. The van der Waals surface area contributed by atoms with Gasteiger partial charge in [0.15, 0.2) is 0 Å². The van der Waals surface area contributed by atoms with Crippen LogP contribution < -0.4 is 21.7 Å². The van der Waals surface area contributed by atoms with Crippen LogP contribution in [0.5, 0.6) is 0 Å². The Morgan fingerprint density at radius 3 is 1.75 bits per heavy atom. The minimum Gasteiger partial charge on any atom is -0.480 e. The summed E-state index contributed by atoms with van der Waals surface area (Å²) in [5.41, 5.74) is 5.41. The van der Waals surface area contributed by atoms with Crippen LogP contribution in [0.3, 0.4) is 0 Å². The summed E-state index contributed by atoms with van der Waals surface area (Å²) in [5.74, 6) is -2.39. The van der Waals surface area contributed by atoms with Crippen molar-refractivity contribution in [2.75, 3.05) is 13.1 Å². The molecule has 0 rings (SSSR count). The summed E-state index contributed by atoms with van der Waals surface area (Å²) in [6, 6.07) is -1.93. The molecule has 0 saturated heterocycles. The maximum Gasteiger partial charge on any atom is 0.326 e. The topological polar surface area (TPSA) is 151 Å². The van der Waals surface area contributed by atoms with E-state index in [0.29, 0.717) is 25.8 Å². The van der Waals surface area contributed by atoms with Gasteiger partial charge in [-0.1, -0.05) is 84.0 Å². The van der Waals surface area contributed by atoms with Gasteiger partial charge in [-0.05, 0) is 39.2 Å². The summed E-state index contributed by atoms with van der Waals surface area (Å²) >= 11 is 0. The predicted octanol–water partition coefficient (Wildman–Crippen LogP) is 3.79. The van der Waals surface area contributed by atoms with E-state index in [0.717, 1.165) is 19.3 Å². The van der Waals surface area contributed by atoms with Gasteiger partial charge in [0, 0.05) is 6.42 Å². The van der Waals surface area contributed by atoms with Crippen molar-refractivity contribution < 1.29 is 24.3 Å². The van der Waals surface area contributed by atoms with Gasteiger partial charge in [-0.15, -0.1) is 0 Å². The monoisotopic (exact) mass is 512 g/mol. The first-order chi connectivity index (χ1) is 17.3. The molecule has 9 nitrogen and oxygen atoms in total. The summed E-state index contributed by atoms with van der Waals surface area (Å²) in [6.07, 6.45) is 18.0. The van der Waals surface area contributed by atoms with Crippen molar-refractivity contribution in [2.24, 2.45) is 5.73 Å². The van der Waals surface area contributed by atoms with Gasteiger partial charge < -0.3 is 26.8 Å². The summed E-state index contributed by atoms with van der Waals surface area (Å²) < 4.78 is 0. The normalized spacial score (nSPS) is 12.5. The number of rotatable bonds is 24. The highest BCUT2D eigenvalue weighted by atomic mass is 16.4. The van der Waals surface area contributed by atoms with Crippen LogP contribution in [0.15, 0.2) is 0 Å². The average Bonchev–Trinajstić information content (AvgIpc) is 2.84. The fraction of sp³-hybridized carbons (Fsp3) is 0.852. The Kier molecular flexibility index (Phi) is 21.9. The zero-order valence-corrected chi connectivity index (χ0v) is 22.7. The smallest absolute Gasteiger partial charge is 0.326 e. The van der Waals surface area contributed by atoms with E-state index in [9.17, 15) is 24.3 Å². The second kappa shape index (κ2) is 23.3. The molecule has 0 bridgehead atoms. The van der Waals surface area contributed by atoms with Gasteiger partial charge >= 0.3 is 5.97 Å². The fourth-order valence-corrected chi connectivity index (χ4v) is 3.98. The Hall–Kier alpha value is -2.16. The predicted molar refractivity (Wildman–Crippen MR) is 143 cm³/mol. The van der Waals surface area contributed by atoms with Crippen LogP contribution >= 0.6 is 0 Å². The summed E-state index contributed by atoms with van der Waals surface area (Å²) in [4.78, 5) is 47.5. The number of carboxylic acid groups (broad SMARTS) is 1. The SMILES string of the molecule is CCCCCCCCCCCCCCCC(=O)NCC(=O)N[C@@H](C)C(=O)N[C@@H](CCCCN)C(=O)O. The first kappa shape index (κ1) is 33.8. The van der Waals surface area contributed by atoms with Crippen LogP contribution in [0.1, 0.15) is 123 Å². The van der Waals surface area contributed by atoms with E-state index >= 15 is 0 Å². The van der Waals surface area contributed by atoms with Crippen LogP contribution in [0, 0.1) is 0 Å². The lowest BCUT2D eigenvalue weighted by Gasteiger charge is -2.18. The molecule has 0 aromatic heterocycles. The number of carbonyl (C=O) groups excluding carboxylic acids is 3. The first-order valence-corrected chi connectivity index (χ1v) is 14.1. The molecule has 6 N–H and O–H groups in total. The Bertz CT molecular complexity index is 615. The van der Waals surface area contributed by atoms with E-state index in [1.807, 2.05) is 0 Å². The lowest BCUT2D eigenvalue weighted by atomic mass is 10.0. The molecule has 0 heterocycles. The molecule has 9 heteroatoms. The van der Waals surface area contributed by atoms with E-state index in [2.05, 4.69) is 22.9 Å². The van der Waals surface area contributed by atoms with Crippen molar-refractivity contribution >= 4 is 23.7 Å². The standard InChI is InChI=1S/C27H52N4O5/c1-3-4-5-6-7-8-9-10-11-12-13-14-15-19-24(32)29-21-25(33)30-22(2)26(34)31-23(27(35)36)18-16-17-20-28/h22-23H,3-21,28H2,1-2H3,(H,29,32)(H,30,33)(H,31,34)(H,35,36)/t22-,23-/m0/s1. The van der Waals surface area contributed by atoms with Crippen molar-refractivity contribution in [3.63, 3.8) is 0 Å². The molecule has 3 amide bonds. The number of carboxylic acids is 1. The van der Waals surface area contributed by atoms with Crippen LogP contribution in [-0.4, -0.2) is 54.0 Å². The number of nitrogens with two attached hydrogens (primary N) is 1. The summed E-state index contributed by atoms with van der Waals surface area (Å²) in [5, 5.41) is 16.7. The molecule has 0 saturated carbocycles. The van der Waals surface area contributed by atoms with Crippen molar-refractivity contribution in [1.82, 2.24) is 16.0 Å². The van der Waals surface area contributed by atoms with E-state index in [-0.39, 0.29) is 18.9 Å². The Morgan fingerprint density at radius 1 is 0.722 bits per heavy atom. The highest BCUT2D eigenvalue weighted by Crippen LogP contribution is 2.12. The maximum absolute atomic E-state index is 12.2. The molecule has 0 spiro atoms. The van der Waals surface area contributed by atoms with Gasteiger partial charge in [0.05, 0.1) is 6.54 Å². The van der Waals surface area contributed by atoms with Gasteiger partial charge in [0.2, 0.25) is 17.7 Å². The van der Waals surface area contributed by atoms with Crippen LogP contribution in [0.4, 0.5) is 0 Å². The largest absolute Gasteiger partial charge is 0.480 e. The molecule has 0 radical (unpaired) electrons. The highest BCUT2D eigenvalue weighted by molar-refractivity contribution is 5.91. The Morgan fingerprint density at radius 2 is 1.25 bits per heavy atom. The Labute approximate surface area is 218 Å². The number of hydrogen-bond acceptors (Lipinski definition) is 5. The zero-order valence-electron chi connectivity index (χ0n) is 22.7. The lowest BCUT2D eigenvalue weighted by Crippen LogP contribution is -2.51. The summed E-state index contributed by atoms with van der Waals surface area (Å²) in [6.45, 7) is 3.96. The molecule has 0 aromatic rings. The third kappa shape index (κ3) is 20.1. The van der Waals surface area contributed by atoms with Crippen molar-refractivity contribution in [3.05, 3.63) is 0 Å². The first-order valence-electron chi connectivity index (χ1n) is 14.1. The van der Waals surface area contributed by atoms with Gasteiger partial charge in [-0.3, -0.25) is 14.4 Å². The van der Waals surface area contributed by atoms with E-state index < -0.39 is 29.9 Å². The van der Waals surface area contributed by atoms with Crippen molar-refractivity contribution in [3.8, 4) is 0 Å². The number of amides is 3. The van der Waals surface area contributed by atoms with E-state index in [4.69, 9.17) is 5.73 Å². The molecular weight excluding hydrogens is 460 g/mol. The van der Waals surface area contributed by atoms with Gasteiger partial charge in [-0.25, -0.2) is 4.79 Å². The maximum atomic E-state index is 12.2. The number of nitrogens with one attached hydrogen (secondary N) is 3. The van der Waals surface area contributed by atoms with Crippen LogP contribution in [0.2, 0.25) is 0 Å². The third-order valence-corrected chi connectivity index (χ3v) is 6.29. The second-order valence-electron chi connectivity index (χ2n) is 9.74. The third-order valence-electron chi connectivity index (χ3n) is 6.29. The average molecular weight is 513 g/mol. The molecule has 0 unspecified atom stereocenters. The fourth-order valence-electron chi connectivity index (χ4n) is 3.98. The highest BCUT2D eigenvalue weighted by Gasteiger charge is 2.23. The van der Waals surface area contributed by atoms with Crippen molar-refractivity contribution in [1.29, 1.82) is 0 Å². The number of unbranched alkanes of at least 4 members (excludes halogenated alkanes) is 13. The number of aliphatic carboxylic acids is 1. The van der Waals surface area contributed by atoms with Gasteiger partial charge in [-0.2, -0.15) is 0 Å². The number of hydrogen-bond donors (Lipinski definition) is 5. The molecule has 36 heavy (non-hydrogen) atoms. The van der Waals surface area contributed by atoms with Crippen LogP contribution in [-0.2, 0) is 19.2 Å². The molecular formula is C27H52N4O5. The van der Waals surface area contributed by atoms with Gasteiger partial charge in [0.1, 0.15) is 12.1 Å².